The number of nitrogens with zero attached hydrogens (tertiary/aromatic N) is 2. The van der Waals surface area contributed by atoms with E-state index in [-0.39, 0.29) is 24.9 Å². The molecule has 1 aromatic heterocycles. The Morgan fingerprint density at radius 3 is 2.26 bits per heavy atom. The summed E-state index contributed by atoms with van der Waals surface area (Å²) in [5, 5.41) is 2.87. The number of aromatic nitrogens is 1. The lowest BCUT2D eigenvalue weighted by Gasteiger charge is -2.10. The SMILES string of the molecule is CCOc1ccc(NC(=O)C[n+]2ccc(N(C)C)cc2)cc1.[Cl-]. The van der Waals surface area contributed by atoms with Crippen LogP contribution in [0.25, 0.3) is 0 Å². The van der Waals surface area contributed by atoms with E-state index in [0.29, 0.717) is 6.61 Å². The second-order valence-corrected chi connectivity index (χ2v) is 5.13. The molecule has 6 heteroatoms. The van der Waals surface area contributed by atoms with Crippen LogP contribution in [0.5, 0.6) is 5.75 Å². The maximum Gasteiger partial charge on any atom is 0.290 e. The lowest BCUT2D eigenvalue weighted by Crippen LogP contribution is -3.00. The number of carbonyl (C=O) groups excluding carboxylic acids is 1. The molecule has 1 amide bonds. The number of hydrogen-bond acceptors (Lipinski definition) is 3. The van der Waals surface area contributed by atoms with Crippen LogP contribution >= 0.6 is 0 Å². The summed E-state index contributed by atoms with van der Waals surface area (Å²) in [4.78, 5) is 14.1. The van der Waals surface area contributed by atoms with E-state index in [4.69, 9.17) is 4.74 Å². The lowest BCUT2D eigenvalue weighted by atomic mass is 10.3. The summed E-state index contributed by atoms with van der Waals surface area (Å²) in [6.07, 6.45) is 3.79. The molecule has 0 atom stereocenters. The molecule has 0 aliphatic heterocycles. The molecule has 124 valence electrons. The highest BCUT2D eigenvalue weighted by atomic mass is 35.5. The van der Waals surface area contributed by atoms with Gasteiger partial charge in [0.15, 0.2) is 12.4 Å². The van der Waals surface area contributed by atoms with Crippen LogP contribution in [0, 0.1) is 0 Å². The van der Waals surface area contributed by atoms with Gasteiger partial charge in [0.1, 0.15) is 5.75 Å². The zero-order chi connectivity index (χ0) is 15.9. The first-order valence-electron chi connectivity index (χ1n) is 7.27. The third kappa shape index (κ3) is 5.79. The molecule has 1 aromatic carbocycles. The van der Waals surface area contributed by atoms with Crippen LogP contribution in [0.3, 0.4) is 0 Å². The van der Waals surface area contributed by atoms with Crippen molar-refractivity contribution in [3.05, 3.63) is 48.8 Å². The topological polar surface area (TPSA) is 45.5 Å². The molecule has 2 rings (SSSR count). The number of nitrogens with one attached hydrogen (secondary N) is 1. The Morgan fingerprint density at radius 1 is 1.13 bits per heavy atom. The number of anilines is 2. The lowest BCUT2D eigenvalue weighted by molar-refractivity contribution is -0.684. The molecule has 0 saturated heterocycles. The van der Waals surface area contributed by atoms with Gasteiger partial charge in [0.25, 0.3) is 5.91 Å². The fourth-order valence-corrected chi connectivity index (χ4v) is 2.02. The molecular formula is C17H22ClN3O2. The van der Waals surface area contributed by atoms with Gasteiger partial charge in [0.05, 0.1) is 6.61 Å². The van der Waals surface area contributed by atoms with Crippen LogP contribution in [0.4, 0.5) is 11.4 Å². The largest absolute Gasteiger partial charge is 1.00 e. The van der Waals surface area contributed by atoms with Crippen molar-refractivity contribution >= 4 is 17.3 Å². The third-order valence-corrected chi connectivity index (χ3v) is 3.17. The fourth-order valence-electron chi connectivity index (χ4n) is 2.02. The molecule has 1 heterocycles. The summed E-state index contributed by atoms with van der Waals surface area (Å²) in [6, 6.07) is 11.3. The molecule has 23 heavy (non-hydrogen) atoms. The van der Waals surface area contributed by atoms with Crippen molar-refractivity contribution in [1.29, 1.82) is 0 Å². The number of hydrogen-bond donors (Lipinski definition) is 1. The molecule has 0 aliphatic rings. The monoisotopic (exact) mass is 335 g/mol. The average molecular weight is 336 g/mol. The van der Waals surface area contributed by atoms with E-state index in [2.05, 4.69) is 5.32 Å². The fraction of sp³-hybridized carbons (Fsp3) is 0.294. The van der Waals surface area contributed by atoms with E-state index in [1.54, 1.807) is 0 Å². The molecule has 0 radical (unpaired) electrons. The standard InChI is InChI=1S/C17H21N3O2.ClH/c1-4-22-16-7-5-14(6-8-16)18-17(21)13-20-11-9-15(10-12-20)19(2)3;/h5-12H,4,13H2,1-3H3;1H. The van der Waals surface area contributed by atoms with Crippen molar-refractivity contribution in [1.82, 2.24) is 0 Å². The van der Waals surface area contributed by atoms with Crippen LogP contribution in [-0.2, 0) is 11.3 Å². The minimum atomic E-state index is -0.0632. The number of pyridine rings is 1. The van der Waals surface area contributed by atoms with E-state index >= 15 is 0 Å². The Hall–Kier alpha value is -2.27. The molecule has 0 unspecified atom stereocenters. The summed E-state index contributed by atoms with van der Waals surface area (Å²) < 4.78 is 7.22. The summed E-state index contributed by atoms with van der Waals surface area (Å²) in [6.45, 7) is 2.85. The van der Waals surface area contributed by atoms with Gasteiger partial charge < -0.3 is 27.4 Å². The van der Waals surface area contributed by atoms with E-state index in [9.17, 15) is 4.79 Å². The number of rotatable bonds is 6. The Bertz CT molecular complexity index is 613. The highest BCUT2D eigenvalue weighted by Gasteiger charge is 2.10. The van der Waals surface area contributed by atoms with Gasteiger partial charge in [-0.25, -0.2) is 0 Å². The first-order chi connectivity index (χ1) is 10.6. The molecule has 5 nitrogen and oxygen atoms in total. The molecule has 0 bridgehead atoms. The Morgan fingerprint density at radius 2 is 1.74 bits per heavy atom. The van der Waals surface area contributed by atoms with Crippen LogP contribution in [0.2, 0.25) is 0 Å². The number of benzene rings is 1. The van der Waals surface area contributed by atoms with Gasteiger partial charge in [-0.1, -0.05) is 0 Å². The summed E-state index contributed by atoms with van der Waals surface area (Å²) in [7, 11) is 3.97. The van der Waals surface area contributed by atoms with Gasteiger partial charge in [0, 0.05) is 37.6 Å². The van der Waals surface area contributed by atoms with Gasteiger partial charge in [-0.05, 0) is 31.2 Å². The minimum Gasteiger partial charge on any atom is -1.00 e. The molecule has 1 N–H and O–H groups in total. The molecule has 2 aromatic rings. The van der Waals surface area contributed by atoms with E-state index in [1.807, 2.05) is 79.3 Å². The highest BCUT2D eigenvalue weighted by Crippen LogP contribution is 2.15. The molecule has 0 fully saturated rings. The first-order valence-corrected chi connectivity index (χ1v) is 7.27. The number of carbonyl (C=O) groups is 1. The predicted molar refractivity (Wildman–Crippen MR) is 87.2 cm³/mol. The summed E-state index contributed by atoms with van der Waals surface area (Å²) in [5.41, 5.74) is 1.86. The zero-order valence-corrected chi connectivity index (χ0v) is 14.4. The average Bonchev–Trinajstić information content (AvgIpc) is 2.50. The van der Waals surface area contributed by atoms with Gasteiger partial charge in [-0.2, -0.15) is 4.57 Å². The number of amides is 1. The zero-order valence-electron chi connectivity index (χ0n) is 13.6. The first kappa shape index (κ1) is 18.8. The van der Waals surface area contributed by atoms with Crippen molar-refractivity contribution in [3.63, 3.8) is 0 Å². The van der Waals surface area contributed by atoms with Crippen LogP contribution in [0.15, 0.2) is 48.8 Å². The quantitative estimate of drug-likeness (QED) is 0.695. The van der Waals surface area contributed by atoms with E-state index in [0.717, 1.165) is 17.1 Å². The molecular weight excluding hydrogens is 314 g/mol. The second-order valence-electron chi connectivity index (χ2n) is 5.13. The van der Waals surface area contributed by atoms with Crippen LogP contribution in [-0.4, -0.2) is 26.6 Å². The summed E-state index contributed by atoms with van der Waals surface area (Å²) >= 11 is 0. The normalized spacial score (nSPS) is 9.70. The maximum absolute atomic E-state index is 12.0. The van der Waals surface area contributed by atoms with Crippen LogP contribution < -0.4 is 31.9 Å². The maximum atomic E-state index is 12.0. The number of halogens is 1. The van der Waals surface area contributed by atoms with Crippen molar-refractivity contribution in [2.24, 2.45) is 0 Å². The smallest absolute Gasteiger partial charge is 0.290 e. The van der Waals surface area contributed by atoms with E-state index in [1.165, 1.54) is 0 Å². The predicted octanol–water partition coefficient (Wildman–Crippen LogP) is -0.918. The Kier molecular flexibility index (Phi) is 7.35. The number of ether oxygens (including phenoxy) is 1. The summed E-state index contributed by atoms with van der Waals surface area (Å²) in [5.74, 6) is 0.737. The Balaban J connectivity index is 0.00000264. The van der Waals surface area contributed by atoms with Gasteiger partial charge in [-0.15, -0.1) is 0 Å². The third-order valence-electron chi connectivity index (χ3n) is 3.17. The second kappa shape index (κ2) is 9.00. The highest BCUT2D eigenvalue weighted by molar-refractivity contribution is 5.89. The van der Waals surface area contributed by atoms with Crippen molar-refractivity contribution in [2.75, 3.05) is 30.9 Å². The Labute approximate surface area is 143 Å². The molecule has 0 spiro atoms. The van der Waals surface area contributed by atoms with Gasteiger partial charge in [-0.3, -0.25) is 4.79 Å². The van der Waals surface area contributed by atoms with Gasteiger partial charge in [0.2, 0.25) is 6.54 Å². The van der Waals surface area contributed by atoms with Crippen molar-refractivity contribution in [2.45, 2.75) is 13.5 Å². The molecule has 0 aliphatic carbocycles. The van der Waals surface area contributed by atoms with Crippen molar-refractivity contribution < 1.29 is 26.5 Å². The van der Waals surface area contributed by atoms with Crippen LogP contribution in [0.1, 0.15) is 6.92 Å². The minimum absolute atomic E-state index is 0. The van der Waals surface area contributed by atoms with E-state index < -0.39 is 0 Å². The van der Waals surface area contributed by atoms with Crippen molar-refractivity contribution in [3.8, 4) is 5.75 Å². The molecule has 0 saturated carbocycles. The van der Waals surface area contributed by atoms with Gasteiger partial charge >= 0.3 is 0 Å².